The summed E-state index contributed by atoms with van der Waals surface area (Å²) in [5.74, 6) is -4.21. The predicted octanol–water partition coefficient (Wildman–Crippen LogP) is 0.0446. The molecule has 0 bridgehead atoms. The number of carboxylic acid groups (broad SMARTS) is 1. The van der Waals surface area contributed by atoms with Crippen LogP contribution in [-0.2, 0) is 9.59 Å². The number of piperazine rings is 1. The van der Waals surface area contributed by atoms with E-state index in [9.17, 15) is 34.4 Å². The number of anilines is 1. The smallest absolute Gasteiger partial charge is 0.307 e. The summed E-state index contributed by atoms with van der Waals surface area (Å²) < 4.78 is 19.7. The molecule has 1 aromatic carbocycles. The molecule has 5 unspecified atom stereocenters. The van der Waals surface area contributed by atoms with Crippen LogP contribution in [0.3, 0.4) is 0 Å². The SMILES string of the molecule is CC(C)Oc1ccc(F)cc1N1CCN(CCCNC(=O)C2C(C(=O)O)CC(O)C(O)C2O)CC1. The summed E-state index contributed by atoms with van der Waals surface area (Å²) in [4.78, 5) is 28.4. The minimum absolute atomic E-state index is 0.0236. The molecule has 2 fully saturated rings. The van der Waals surface area contributed by atoms with E-state index >= 15 is 0 Å². The third-order valence-electron chi connectivity index (χ3n) is 6.61. The Morgan fingerprint density at radius 3 is 2.46 bits per heavy atom. The first-order valence-electron chi connectivity index (χ1n) is 12.1. The van der Waals surface area contributed by atoms with Crippen LogP contribution >= 0.6 is 0 Å². The van der Waals surface area contributed by atoms with E-state index in [2.05, 4.69) is 15.1 Å². The molecule has 0 radical (unpaired) electrons. The fourth-order valence-corrected chi connectivity index (χ4v) is 4.75. The van der Waals surface area contributed by atoms with Gasteiger partial charge in [-0.25, -0.2) is 4.39 Å². The molecule has 5 N–H and O–H groups in total. The first-order valence-corrected chi connectivity index (χ1v) is 12.1. The molecule has 0 aromatic heterocycles. The van der Waals surface area contributed by atoms with Gasteiger partial charge in [-0.3, -0.25) is 14.5 Å². The molecular weight excluding hydrogens is 461 g/mol. The van der Waals surface area contributed by atoms with Crippen molar-refractivity contribution in [1.29, 1.82) is 0 Å². The molecule has 10 nitrogen and oxygen atoms in total. The van der Waals surface area contributed by atoms with Gasteiger partial charge >= 0.3 is 5.97 Å². The van der Waals surface area contributed by atoms with Crippen LogP contribution in [0.25, 0.3) is 0 Å². The van der Waals surface area contributed by atoms with Gasteiger partial charge in [0.25, 0.3) is 0 Å². The highest BCUT2D eigenvalue weighted by molar-refractivity contribution is 5.85. The molecule has 35 heavy (non-hydrogen) atoms. The molecule has 1 saturated carbocycles. The van der Waals surface area contributed by atoms with Crippen molar-refractivity contribution in [3.8, 4) is 5.75 Å². The zero-order valence-corrected chi connectivity index (χ0v) is 20.1. The minimum atomic E-state index is -1.65. The van der Waals surface area contributed by atoms with Gasteiger partial charge in [-0.1, -0.05) is 0 Å². The lowest BCUT2D eigenvalue weighted by Crippen LogP contribution is -2.57. The number of aliphatic hydroxyl groups excluding tert-OH is 3. The first kappa shape index (κ1) is 27.1. The largest absolute Gasteiger partial charge is 0.489 e. The molecule has 1 aliphatic carbocycles. The van der Waals surface area contributed by atoms with E-state index in [1.54, 1.807) is 6.07 Å². The number of hydrogen-bond donors (Lipinski definition) is 5. The lowest BCUT2D eigenvalue weighted by Gasteiger charge is -2.38. The fourth-order valence-electron chi connectivity index (χ4n) is 4.75. The summed E-state index contributed by atoms with van der Waals surface area (Å²) >= 11 is 0. The summed E-state index contributed by atoms with van der Waals surface area (Å²) in [6, 6.07) is 4.53. The van der Waals surface area contributed by atoms with E-state index < -0.39 is 42.0 Å². The Balaban J connectivity index is 1.45. The highest BCUT2D eigenvalue weighted by atomic mass is 19.1. The van der Waals surface area contributed by atoms with Gasteiger partial charge in [0.2, 0.25) is 5.91 Å². The maximum Gasteiger partial charge on any atom is 0.307 e. The number of ether oxygens (including phenoxy) is 1. The molecule has 1 aliphatic heterocycles. The number of benzene rings is 1. The van der Waals surface area contributed by atoms with Crippen molar-refractivity contribution in [2.24, 2.45) is 11.8 Å². The number of nitrogens with zero attached hydrogens (tertiary/aromatic N) is 2. The number of carbonyl (C=O) groups is 2. The average molecular weight is 498 g/mol. The highest BCUT2D eigenvalue weighted by Gasteiger charge is 2.49. The second kappa shape index (κ2) is 12.0. The van der Waals surface area contributed by atoms with Crippen molar-refractivity contribution in [3.05, 3.63) is 24.0 Å². The molecule has 5 atom stereocenters. The summed E-state index contributed by atoms with van der Waals surface area (Å²) in [6.45, 7) is 7.71. The van der Waals surface area contributed by atoms with Gasteiger partial charge < -0.3 is 35.4 Å². The van der Waals surface area contributed by atoms with Crippen LogP contribution in [0.2, 0.25) is 0 Å². The second-order valence-corrected chi connectivity index (χ2v) is 9.51. The number of nitrogens with one attached hydrogen (secondary N) is 1. The molecular formula is C24H36FN3O7. The van der Waals surface area contributed by atoms with Crippen molar-refractivity contribution >= 4 is 17.6 Å². The quantitative estimate of drug-likeness (QED) is 0.299. The first-order chi connectivity index (χ1) is 16.6. The van der Waals surface area contributed by atoms with Crippen molar-refractivity contribution in [2.75, 3.05) is 44.2 Å². The third kappa shape index (κ3) is 6.81. The number of carbonyl (C=O) groups excluding carboxylic acids is 1. The Kier molecular flexibility index (Phi) is 9.28. The summed E-state index contributed by atoms with van der Waals surface area (Å²) in [6.07, 6.45) is -4.33. The Hall–Kier alpha value is -2.47. The number of aliphatic hydroxyl groups is 3. The monoisotopic (exact) mass is 497 g/mol. The van der Waals surface area contributed by atoms with Gasteiger partial charge in [0.15, 0.2) is 0 Å². The molecule has 1 amide bonds. The number of rotatable bonds is 9. The van der Waals surface area contributed by atoms with E-state index in [-0.39, 0.29) is 24.9 Å². The lowest BCUT2D eigenvalue weighted by molar-refractivity contribution is -0.171. The summed E-state index contributed by atoms with van der Waals surface area (Å²) in [5.41, 5.74) is 0.733. The van der Waals surface area contributed by atoms with Gasteiger partial charge in [-0.2, -0.15) is 0 Å². The van der Waals surface area contributed by atoms with Crippen LogP contribution < -0.4 is 15.0 Å². The van der Waals surface area contributed by atoms with E-state index in [0.717, 1.165) is 18.8 Å². The Bertz CT molecular complexity index is 879. The molecule has 1 heterocycles. The van der Waals surface area contributed by atoms with Crippen LogP contribution in [0.5, 0.6) is 5.75 Å². The minimum Gasteiger partial charge on any atom is -0.489 e. The van der Waals surface area contributed by atoms with Gasteiger partial charge in [-0.05, 0) is 45.4 Å². The standard InChI is InChI=1S/C24H36FN3O7/c1-14(2)35-19-5-4-15(25)12-17(19)28-10-8-27(9-11-28)7-3-6-26-23(32)20-16(24(33)34)13-18(29)21(30)22(20)31/h4-5,12,14,16,18,20-22,29-31H,3,6-11,13H2,1-2H3,(H,26,32)(H,33,34). The average Bonchev–Trinajstić information content (AvgIpc) is 2.81. The van der Waals surface area contributed by atoms with E-state index in [4.69, 9.17) is 4.74 Å². The van der Waals surface area contributed by atoms with Crippen LogP contribution in [0.15, 0.2) is 18.2 Å². The molecule has 3 rings (SSSR count). The maximum atomic E-state index is 13.9. The normalized spacial score (nSPS) is 27.6. The van der Waals surface area contributed by atoms with Crippen molar-refractivity contribution < 1.29 is 39.1 Å². The Labute approximate surface area is 204 Å². The zero-order chi connectivity index (χ0) is 25.7. The number of aliphatic carboxylic acids is 1. The molecule has 1 saturated heterocycles. The second-order valence-electron chi connectivity index (χ2n) is 9.51. The van der Waals surface area contributed by atoms with Crippen LogP contribution in [-0.4, -0.2) is 101 Å². The third-order valence-corrected chi connectivity index (χ3v) is 6.61. The van der Waals surface area contributed by atoms with Crippen LogP contribution in [0.1, 0.15) is 26.7 Å². The number of amides is 1. The zero-order valence-electron chi connectivity index (χ0n) is 20.1. The molecule has 2 aliphatic rings. The van der Waals surface area contributed by atoms with Crippen molar-refractivity contribution in [2.45, 2.75) is 51.1 Å². The number of hydrogen-bond acceptors (Lipinski definition) is 8. The highest BCUT2D eigenvalue weighted by Crippen LogP contribution is 2.32. The van der Waals surface area contributed by atoms with Gasteiger partial charge in [-0.15, -0.1) is 0 Å². The van der Waals surface area contributed by atoms with E-state index in [1.165, 1.54) is 12.1 Å². The van der Waals surface area contributed by atoms with Gasteiger partial charge in [0.1, 0.15) is 17.7 Å². The number of halogens is 1. The summed E-state index contributed by atoms with van der Waals surface area (Å²) in [7, 11) is 0. The molecule has 0 spiro atoms. The molecule has 1 aromatic rings. The topological polar surface area (TPSA) is 143 Å². The van der Waals surface area contributed by atoms with Crippen LogP contribution in [0, 0.1) is 17.7 Å². The summed E-state index contributed by atoms with van der Waals surface area (Å²) in [5, 5.41) is 41.8. The van der Waals surface area contributed by atoms with E-state index in [0.29, 0.717) is 31.8 Å². The van der Waals surface area contributed by atoms with Gasteiger partial charge in [0, 0.05) is 38.8 Å². The van der Waals surface area contributed by atoms with Crippen molar-refractivity contribution in [3.63, 3.8) is 0 Å². The van der Waals surface area contributed by atoms with Crippen molar-refractivity contribution in [1.82, 2.24) is 10.2 Å². The molecule has 196 valence electrons. The predicted molar refractivity (Wildman–Crippen MR) is 126 cm³/mol. The fraction of sp³-hybridized carbons (Fsp3) is 0.667. The number of carboxylic acids is 1. The Morgan fingerprint density at radius 2 is 1.83 bits per heavy atom. The lowest BCUT2D eigenvalue weighted by atomic mass is 9.74. The Morgan fingerprint density at radius 1 is 1.14 bits per heavy atom. The molecule has 11 heteroatoms. The van der Waals surface area contributed by atoms with Gasteiger partial charge in [0.05, 0.1) is 35.8 Å². The maximum absolute atomic E-state index is 13.9. The van der Waals surface area contributed by atoms with Crippen LogP contribution in [0.4, 0.5) is 10.1 Å². The van der Waals surface area contributed by atoms with E-state index in [1.807, 2.05) is 13.8 Å².